The monoisotopic (exact) mass is 402 g/mol. The van der Waals surface area contributed by atoms with Gasteiger partial charge < -0.3 is 23.2 Å². The Labute approximate surface area is 167 Å². The van der Waals surface area contributed by atoms with Gasteiger partial charge in [-0.3, -0.25) is 10.1 Å². The summed E-state index contributed by atoms with van der Waals surface area (Å²) in [5.74, 6) is 1.68. The molecule has 0 saturated carbocycles. The van der Waals surface area contributed by atoms with Gasteiger partial charge in [0.05, 0.1) is 19.8 Å². The zero-order chi connectivity index (χ0) is 20.8. The molecule has 29 heavy (non-hydrogen) atoms. The minimum atomic E-state index is -0.520. The first-order valence-corrected chi connectivity index (χ1v) is 9.20. The van der Waals surface area contributed by atoms with E-state index in [1.54, 1.807) is 19.1 Å². The van der Waals surface area contributed by atoms with Crippen molar-refractivity contribution in [2.24, 2.45) is 0 Å². The fourth-order valence-corrected chi connectivity index (χ4v) is 2.54. The number of nitrogens with zero attached hydrogens (tertiary/aromatic N) is 3. The van der Waals surface area contributed by atoms with Gasteiger partial charge in [-0.2, -0.15) is 0 Å². The molecule has 10 heteroatoms. The Bertz CT molecular complexity index is 954. The predicted molar refractivity (Wildman–Crippen MR) is 102 cm³/mol. The Hall–Kier alpha value is -3.56. The average molecular weight is 402 g/mol. The lowest BCUT2D eigenvalue weighted by Gasteiger charge is -2.16. The van der Waals surface area contributed by atoms with E-state index in [9.17, 15) is 4.79 Å². The third-order valence-electron chi connectivity index (χ3n) is 3.66. The standard InChI is InChI=1S/C19H22N4O6/c1-5-25-14-9-12(10-15(26-6-2)16(14)27-7-3)18-21-22-19(28-18)20-17(24)13-8-11(4)29-23-13/h8-10H,5-7H2,1-4H3,(H,20,22,24). The van der Waals surface area contributed by atoms with Crippen molar-refractivity contribution in [1.82, 2.24) is 15.4 Å². The number of hydrogen-bond donors (Lipinski definition) is 1. The maximum absolute atomic E-state index is 12.2. The quantitative estimate of drug-likeness (QED) is 0.573. The smallest absolute Gasteiger partial charge is 0.322 e. The largest absolute Gasteiger partial charge is 0.490 e. The fourth-order valence-electron chi connectivity index (χ4n) is 2.54. The van der Waals surface area contributed by atoms with E-state index in [1.807, 2.05) is 20.8 Å². The molecule has 0 atom stereocenters. The van der Waals surface area contributed by atoms with Crippen molar-refractivity contribution in [1.29, 1.82) is 0 Å². The van der Waals surface area contributed by atoms with Crippen LogP contribution in [0.3, 0.4) is 0 Å². The lowest BCUT2D eigenvalue weighted by Crippen LogP contribution is -2.12. The van der Waals surface area contributed by atoms with Crippen LogP contribution >= 0.6 is 0 Å². The maximum Gasteiger partial charge on any atom is 0.322 e. The first-order valence-electron chi connectivity index (χ1n) is 9.20. The van der Waals surface area contributed by atoms with Crippen LogP contribution in [0.5, 0.6) is 17.2 Å². The number of hydrogen-bond acceptors (Lipinski definition) is 9. The number of benzene rings is 1. The summed E-state index contributed by atoms with van der Waals surface area (Å²) in [6.45, 7) is 8.64. The summed E-state index contributed by atoms with van der Waals surface area (Å²) < 4.78 is 27.5. The Morgan fingerprint density at radius 3 is 2.21 bits per heavy atom. The number of nitrogens with one attached hydrogen (secondary N) is 1. The molecule has 2 heterocycles. The second-order valence-electron chi connectivity index (χ2n) is 5.79. The SMILES string of the molecule is CCOc1cc(-c2nnc(NC(=O)c3cc(C)on3)o2)cc(OCC)c1OCC. The third kappa shape index (κ3) is 4.65. The van der Waals surface area contributed by atoms with Crippen LogP contribution < -0.4 is 19.5 Å². The fraction of sp³-hybridized carbons (Fsp3) is 0.368. The summed E-state index contributed by atoms with van der Waals surface area (Å²) in [5, 5.41) is 14.0. The molecule has 0 spiro atoms. The topological polar surface area (TPSA) is 122 Å². The average Bonchev–Trinajstić information content (AvgIpc) is 3.33. The van der Waals surface area contributed by atoms with E-state index >= 15 is 0 Å². The number of ether oxygens (including phenoxy) is 3. The number of carbonyl (C=O) groups is 1. The molecule has 1 N–H and O–H groups in total. The number of amides is 1. The van der Waals surface area contributed by atoms with E-state index < -0.39 is 5.91 Å². The summed E-state index contributed by atoms with van der Waals surface area (Å²) in [4.78, 5) is 12.2. The summed E-state index contributed by atoms with van der Waals surface area (Å²) >= 11 is 0. The molecule has 1 aromatic carbocycles. The van der Waals surface area contributed by atoms with Crippen molar-refractivity contribution in [2.75, 3.05) is 25.1 Å². The van der Waals surface area contributed by atoms with E-state index in [2.05, 4.69) is 20.7 Å². The number of anilines is 1. The van der Waals surface area contributed by atoms with Gasteiger partial charge in [0.1, 0.15) is 5.76 Å². The van der Waals surface area contributed by atoms with Crippen molar-refractivity contribution in [3.05, 3.63) is 29.7 Å². The van der Waals surface area contributed by atoms with E-state index in [-0.39, 0.29) is 17.6 Å². The molecule has 1 amide bonds. The first-order chi connectivity index (χ1) is 14.0. The molecule has 2 aromatic heterocycles. The molecular formula is C19H22N4O6. The molecule has 0 aliphatic heterocycles. The highest BCUT2D eigenvalue weighted by Gasteiger charge is 2.20. The van der Waals surface area contributed by atoms with Gasteiger partial charge in [0.15, 0.2) is 17.2 Å². The van der Waals surface area contributed by atoms with Crippen LogP contribution in [0.1, 0.15) is 37.0 Å². The molecule has 3 rings (SSSR count). The van der Waals surface area contributed by atoms with Gasteiger partial charge in [0, 0.05) is 11.6 Å². The zero-order valence-corrected chi connectivity index (χ0v) is 16.6. The van der Waals surface area contributed by atoms with Gasteiger partial charge in [0.2, 0.25) is 11.6 Å². The van der Waals surface area contributed by atoms with Crippen molar-refractivity contribution in [3.8, 4) is 28.7 Å². The van der Waals surface area contributed by atoms with Gasteiger partial charge >= 0.3 is 6.01 Å². The van der Waals surface area contributed by atoms with Crippen LogP contribution in [0, 0.1) is 6.92 Å². The number of rotatable bonds is 9. The van der Waals surface area contributed by atoms with Crippen molar-refractivity contribution in [2.45, 2.75) is 27.7 Å². The van der Waals surface area contributed by atoms with Crippen LogP contribution in [-0.4, -0.2) is 41.1 Å². The van der Waals surface area contributed by atoms with E-state index in [0.29, 0.717) is 48.4 Å². The van der Waals surface area contributed by atoms with Crippen LogP contribution in [0.15, 0.2) is 27.1 Å². The van der Waals surface area contributed by atoms with Crippen molar-refractivity contribution >= 4 is 11.9 Å². The summed E-state index contributed by atoms with van der Waals surface area (Å²) in [6.07, 6.45) is 0. The second kappa shape index (κ2) is 9.09. The highest BCUT2D eigenvalue weighted by Crippen LogP contribution is 2.41. The Kier molecular flexibility index (Phi) is 6.32. The molecule has 0 aliphatic carbocycles. The number of carbonyl (C=O) groups excluding carboxylic acids is 1. The molecule has 0 unspecified atom stereocenters. The molecular weight excluding hydrogens is 380 g/mol. The van der Waals surface area contributed by atoms with Gasteiger partial charge in [-0.05, 0) is 39.8 Å². The highest BCUT2D eigenvalue weighted by molar-refractivity contribution is 6.01. The summed E-state index contributed by atoms with van der Waals surface area (Å²) in [6, 6.07) is 4.87. The Morgan fingerprint density at radius 2 is 1.66 bits per heavy atom. The van der Waals surface area contributed by atoms with Crippen molar-refractivity contribution in [3.63, 3.8) is 0 Å². The lowest BCUT2D eigenvalue weighted by molar-refractivity contribution is 0.101. The van der Waals surface area contributed by atoms with E-state index in [0.717, 1.165) is 0 Å². The van der Waals surface area contributed by atoms with Gasteiger partial charge in [-0.1, -0.05) is 10.3 Å². The maximum atomic E-state index is 12.2. The normalized spacial score (nSPS) is 10.6. The molecule has 10 nitrogen and oxygen atoms in total. The van der Waals surface area contributed by atoms with E-state index in [1.165, 1.54) is 6.07 Å². The Morgan fingerprint density at radius 1 is 1.00 bits per heavy atom. The minimum Gasteiger partial charge on any atom is -0.490 e. The predicted octanol–water partition coefficient (Wildman–Crippen LogP) is 3.48. The number of aryl methyl sites for hydroxylation is 1. The zero-order valence-electron chi connectivity index (χ0n) is 16.6. The van der Waals surface area contributed by atoms with Crippen LogP contribution in [0.2, 0.25) is 0 Å². The highest BCUT2D eigenvalue weighted by atomic mass is 16.5. The third-order valence-corrected chi connectivity index (χ3v) is 3.66. The Balaban J connectivity index is 1.89. The summed E-state index contributed by atoms with van der Waals surface area (Å²) in [7, 11) is 0. The van der Waals surface area contributed by atoms with E-state index in [4.69, 9.17) is 23.2 Å². The molecule has 3 aromatic rings. The first kappa shape index (κ1) is 20.2. The molecule has 0 aliphatic rings. The molecule has 0 saturated heterocycles. The summed E-state index contributed by atoms with van der Waals surface area (Å²) in [5.41, 5.74) is 0.672. The second-order valence-corrected chi connectivity index (χ2v) is 5.79. The molecule has 0 fully saturated rings. The minimum absolute atomic E-state index is 0.0737. The van der Waals surface area contributed by atoms with Crippen molar-refractivity contribution < 1.29 is 27.9 Å². The van der Waals surface area contributed by atoms with Crippen LogP contribution in [0.4, 0.5) is 6.01 Å². The molecule has 0 bridgehead atoms. The molecule has 0 radical (unpaired) electrons. The lowest BCUT2D eigenvalue weighted by atomic mass is 10.2. The van der Waals surface area contributed by atoms with Gasteiger partial charge in [0.25, 0.3) is 5.91 Å². The van der Waals surface area contributed by atoms with Gasteiger partial charge in [-0.15, -0.1) is 5.10 Å². The number of aromatic nitrogens is 3. The molecule has 154 valence electrons. The van der Waals surface area contributed by atoms with Crippen LogP contribution in [-0.2, 0) is 0 Å². The van der Waals surface area contributed by atoms with Gasteiger partial charge in [-0.25, -0.2) is 0 Å². The van der Waals surface area contributed by atoms with Crippen LogP contribution in [0.25, 0.3) is 11.5 Å².